The van der Waals surface area contributed by atoms with Gasteiger partial charge in [-0.1, -0.05) is 83.6 Å². The molecule has 1 saturated heterocycles. The van der Waals surface area contributed by atoms with Gasteiger partial charge in [0.05, 0.1) is 18.3 Å². The number of carbonyl (C=O) groups excluding carboxylic acids is 2. The molecule has 4 aromatic rings. The Labute approximate surface area is 267 Å². The number of hydrogen-bond donors (Lipinski definition) is 1. The summed E-state index contributed by atoms with van der Waals surface area (Å²) in [6, 6.07) is 23.8. The van der Waals surface area contributed by atoms with Gasteiger partial charge in [-0.15, -0.1) is 5.10 Å². The van der Waals surface area contributed by atoms with E-state index in [1.165, 1.54) is 0 Å². The number of amides is 1. The molecule has 1 amide bonds. The van der Waals surface area contributed by atoms with Crippen molar-refractivity contribution < 1.29 is 14.3 Å². The Balaban J connectivity index is 1.00. The first-order chi connectivity index (χ1) is 22.0. The fraction of sp³-hybridized carbons (Fsp3) is 0.167. The lowest BCUT2D eigenvalue weighted by Crippen LogP contribution is -2.69. The third-order valence-corrected chi connectivity index (χ3v) is 7.83. The summed E-state index contributed by atoms with van der Waals surface area (Å²) in [5.41, 5.74) is 4.23. The maximum atomic E-state index is 13.2. The van der Waals surface area contributed by atoms with Gasteiger partial charge in [0, 0.05) is 29.0 Å². The highest BCUT2D eigenvalue weighted by Gasteiger charge is 2.46. The molecule has 0 unspecified atom stereocenters. The largest absolute Gasteiger partial charge is 0.492 e. The van der Waals surface area contributed by atoms with Crippen molar-refractivity contribution in [1.29, 1.82) is 0 Å². The lowest BCUT2D eigenvalue weighted by molar-refractivity contribution is -0.126. The summed E-state index contributed by atoms with van der Waals surface area (Å²) in [6.07, 6.45) is 16.4. The summed E-state index contributed by atoms with van der Waals surface area (Å²) >= 11 is 6.08. The van der Waals surface area contributed by atoms with Crippen molar-refractivity contribution in [1.82, 2.24) is 20.3 Å². The van der Waals surface area contributed by atoms with Crippen LogP contribution in [0.15, 0.2) is 127 Å². The molecule has 1 N–H and O–H groups in total. The predicted molar refractivity (Wildman–Crippen MR) is 176 cm³/mol. The predicted octanol–water partition coefficient (Wildman–Crippen LogP) is 6.22. The quantitative estimate of drug-likeness (QED) is 0.109. The van der Waals surface area contributed by atoms with E-state index in [4.69, 9.17) is 16.3 Å². The second-order valence-electron chi connectivity index (χ2n) is 10.7. The van der Waals surface area contributed by atoms with E-state index in [0.29, 0.717) is 36.0 Å². The van der Waals surface area contributed by atoms with Gasteiger partial charge in [-0.05, 0) is 72.2 Å². The van der Waals surface area contributed by atoms with E-state index in [-0.39, 0.29) is 17.7 Å². The molecule has 0 radical (unpaired) electrons. The van der Waals surface area contributed by atoms with E-state index in [2.05, 4.69) is 27.8 Å². The fourth-order valence-electron chi connectivity index (χ4n) is 5.17. The van der Waals surface area contributed by atoms with Crippen LogP contribution in [0.2, 0.25) is 5.02 Å². The van der Waals surface area contributed by atoms with Crippen LogP contribution in [0, 0.1) is 0 Å². The van der Waals surface area contributed by atoms with Gasteiger partial charge in [0.15, 0.2) is 5.78 Å². The van der Waals surface area contributed by atoms with Gasteiger partial charge in [0.25, 0.3) is 0 Å². The SMILES string of the molecule is O=C(/C=C/C1=CCC=C1)c1ccc(OCCn2cc(CN[C@@H]3C(=O)N(c4ccc(Cl)cc4)[C@@H]3/C=C/c3ccccc3)nn2)cc1. The summed E-state index contributed by atoms with van der Waals surface area (Å²) in [5, 5.41) is 12.5. The molecule has 6 rings (SSSR count). The van der Waals surface area contributed by atoms with Gasteiger partial charge >= 0.3 is 0 Å². The first-order valence-electron chi connectivity index (χ1n) is 14.8. The molecular formula is C36H32ClN5O3. The Morgan fingerprint density at radius 3 is 2.58 bits per heavy atom. The minimum Gasteiger partial charge on any atom is -0.492 e. The molecule has 3 aromatic carbocycles. The van der Waals surface area contributed by atoms with Gasteiger partial charge in [0.2, 0.25) is 5.91 Å². The third kappa shape index (κ3) is 7.55. The number of hydrogen-bond acceptors (Lipinski definition) is 6. The molecule has 9 heteroatoms. The molecule has 2 atom stereocenters. The minimum absolute atomic E-state index is 0.0204. The Kier molecular flexibility index (Phi) is 9.44. The van der Waals surface area contributed by atoms with Crippen LogP contribution < -0.4 is 15.0 Å². The number of nitrogens with zero attached hydrogens (tertiary/aromatic N) is 4. The number of nitrogens with one attached hydrogen (secondary N) is 1. The number of ether oxygens (including phenoxy) is 1. The Hall–Kier alpha value is -5.05. The average molecular weight is 618 g/mol. The topological polar surface area (TPSA) is 89.4 Å². The highest BCUT2D eigenvalue weighted by atomic mass is 35.5. The maximum Gasteiger partial charge on any atom is 0.247 e. The molecule has 2 aliphatic rings. The molecule has 2 heterocycles. The van der Waals surface area contributed by atoms with Gasteiger partial charge < -0.3 is 9.64 Å². The molecule has 1 aliphatic heterocycles. The van der Waals surface area contributed by atoms with Crippen LogP contribution in [0.4, 0.5) is 5.69 Å². The van der Waals surface area contributed by atoms with Crippen LogP contribution in [-0.2, 0) is 17.9 Å². The maximum absolute atomic E-state index is 13.2. The summed E-state index contributed by atoms with van der Waals surface area (Å²) in [7, 11) is 0. The number of aromatic nitrogens is 3. The second-order valence-corrected chi connectivity index (χ2v) is 11.1. The third-order valence-electron chi connectivity index (χ3n) is 7.58. The fourth-order valence-corrected chi connectivity index (χ4v) is 5.30. The van der Waals surface area contributed by atoms with Crippen molar-refractivity contribution in [2.75, 3.05) is 11.5 Å². The van der Waals surface area contributed by atoms with Crippen molar-refractivity contribution in [2.45, 2.75) is 31.6 Å². The van der Waals surface area contributed by atoms with Crippen LogP contribution >= 0.6 is 11.6 Å². The first-order valence-corrected chi connectivity index (χ1v) is 15.2. The molecule has 1 aromatic heterocycles. The molecule has 0 spiro atoms. The lowest BCUT2D eigenvalue weighted by Gasteiger charge is -2.46. The zero-order valence-electron chi connectivity index (χ0n) is 24.5. The number of rotatable bonds is 13. The van der Waals surface area contributed by atoms with Gasteiger partial charge in [0.1, 0.15) is 18.4 Å². The van der Waals surface area contributed by atoms with E-state index < -0.39 is 6.04 Å². The number of anilines is 1. The van der Waals surface area contributed by atoms with Crippen LogP contribution in [0.1, 0.15) is 28.0 Å². The second kappa shape index (κ2) is 14.2. The van der Waals surface area contributed by atoms with Crippen molar-refractivity contribution >= 4 is 35.1 Å². The summed E-state index contributed by atoms with van der Waals surface area (Å²) < 4.78 is 7.56. The molecule has 8 nitrogen and oxygen atoms in total. The standard InChI is InChI=1S/C36H32ClN5O3/c37-29-14-16-31(17-15-29)42-33(20-10-26-6-2-1-3-7-26)35(36(42)44)38-24-30-25-41(40-39-30)22-23-45-32-18-12-28(13-19-32)34(43)21-11-27-8-4-5-9-27/h1-4,6-21,25,33,35,38H,5,22-24H2/b20-10+,21-11+/t33-,35+/m1/s1. The summed E-state index contributed by atoms with van der Waals surface area (Å²) in [4.78, 5) is 27.4. The molecule has 0 bridgehead atoms. The van der Waals surface area contributed by atoms with Gasteiger partial charge in [-0.3, -0.25) is 14.9 Å². The molecule has 45 heavy (non-hydrogen) atoms. The monoisotopic (exact) mass is 617 g/mol. The molecule has 0 saturated carbocycles. The van der Waals surface area contributed by atoms with E-state index in [0.717, 1.165) is 28.9 Å². The van der Waals surface area contributed by atoms with Gasteiger partial charge in [-0.2, -0.15) is 0 Å². The molecule has 1 aliphatic carbocycles. The Bertz CT molecular complexity index is 1760. The number of benzene rings is 3. The minimum atomic E-state index is -0.406. The van der Waals surface area contributed by atoms with E-state index in [9.17, 15) is 9.59 Å². The number of allylic oxidation sites excluding steroid dienone is 6. The van der Waals surface area contributed by atoms with Crippen molar-refractivity contribution in [3.8, 4) is 5.75 Å². The molecule has 1 fully saturated rings. The number of ketones is 1. The lowest BCUT2D eigenvalue weighted by atomic mass is 9.92. The molecular weight excluding hydrogens is 586 g/mol. The van der Waals surface area contributed by atoms with E-state index in [1.54, 1.807) is 52.1 Å². The first kappa shape index (κ1) is 30.0. The van der Waals surface area contributed by atoms with Crippen molar-refractivity contribution in [2.24, 2.45) is 0 Å². The normalized spacial score (nSPS) is 17.7. The smallest absolute Gasteiger partial charge is 0.247 e. The van der Waals surface area contributed by atoms with Crippen LogP contribution in [0.3, 0.4) is 0 Å². The number of β-lactam (4-membered cyclic amide) rings is 1. The highest BCUT2D eigenvalue weighted by Crippen LogP contribution is 2.31. The highest BCUT2D eigenvalue weighted by molar-refractivity contribution is 6.30. The number of carbonyl (C=O) groups is 2. The summed E-state index contributed by atoms with van der Waals surface area (Å²) in [5.74, 6) is 0.599. The average Bonchev–Trinajstić information content (AvgIpc) is 3.76. The zero-order valence-corrected chi connectivity index (χ0v) is 25.3. The van der Waals surface area contributed by atoms with Crippen molar-refractivity contribution in [3.05, 3.63) is 149 Å². The van der Waals surface area contributed by atoms with Crippen LogP contribution in [0.25, 0.3) is 6.08 Å². The summed E-state index contributed by atoms with van der Waals surface area (Å²) in [6.45, 7) is 1.26. The van der Waals surface area contributed by atoms with E-state index >= 15 is 0 Å². The zero-order chi connectivity index (χ0) is 31.0. The number of halogens is 1. The van der Waals surface area contributed by atoms with Crippen molar-refractivity contribution in [3.63, 3.8) is 0 Å². The van der Waals surface area contributed by atoms with Gasteiger partial charge in [-0.25, -0.2) is 4.68 Å². The Morgan fingerprint density at radius 2 is 1.82 bits per heavy atom. The van der Waals surface area contributed by atoms with Crippen LogP contribution in [0.5, 0.6) is 5.75 Å². The van der Waals surface area contributed by atoms with E-state index in [1.807, 2.05) is 73.0 Å². The molecule has 226 valence electrons. The van der Waals surface area contributed by atoms with Crippen LogP contribution in [-0.4, -0.2) is 45.4 Å². The Morgan fingerprint density at radius 1 is 1.02 bits per heavy atom.